The molecule has 1 heterocycles. The molecule has 1 saturated carbocycles. The van der Waals surface area contributed by atoms with Crippen molar-refractivity contribution < 1.29 is 4.79 Å². The maximum Gasteiger partial charge on any atom is 0.169 e. The summed E-state index contributed by atoms with van der Waals surface area (Å²) in [6.07, 6.45) is 6.61. The molecule has 24 heavy (non-hydrogen) atoms. The molecule has 1 aliphatic carbocycles. The van der Waals surface area contributed by atoms with Gasteiger partial charge in [-0.3, -0.25) is 9.69 Å². The molecule has 0 unspecified atom stereocenters. The highest BCUT2D eigenvalue weighted by atomic mass is 16.1. The lowest BCUT2D eigenvalue weighted by atomic mass is 9.76. The van der Waals surface area contributed by atoms with Crippen LogP contribution < -0.4 is 0 Å². The van der Waals surface area contributed by atoms with E-state index < -0.39 is 0 Å². The van der Waals surface area contributed by atoms with Crippen LogP contribution in [0.15, 0.2) is 60.7 Å². The summed E-state index contributed by atoms with van der Waals surface area (Å²) in [5.74, 6) is 0.397. The summed E-state index contributed by atoms with van der Waals surface area (Å²) in [5, 5.41) is 0. The first-order valence-corrected chi connectivity index (χ1v) is 9.24. The molecule has 1 aliphatic heterocycles. The van der Waals surface area contributed by atoms with E-state index in [2.05, 4.69) is 35.2 Å². The topological polar surface area (TPSA) is 20.3 Å². The molecular weight excluding hydrogens is 294 g/mol. The van der Waals surface area contributed by atoms with Crippen LogP contribution in [0.3, 0.4) is 0 Å². The van der Waals surface area contributed by atoms with Gasteiger partial charge in [0, 0.05) is 24.2 Å². The molecule has 124 valence electrons. The minimum atomic E-state index is 0.0942. The number of ketones is 1. The first-order chi connectivity index (χ1) is 11.8. The fourth-order valence-electron chi connectivity index (χ4n) is 4.44. The van der Waals surface area contributed by atoms with Gasteiger partial charge in [0.2, 0.25) is 0 Å². The van der Waals surface area contributed by atoms with Gasteiger partial charge in [0.15, 0.2) is 5.78 Å². The molecule has 2 aromatic carbocycles. The number of nitrogens with zero attached hydrogens (tertiary/aromatic N) is 1. The Hall–Kier alpha value is -1.93. The van der Waals surface area contributed by atoms with E-state index in [0.717, 1.165) is 12.1 Å². The summed E-state index contributed by atoms with van der Waals surface area (Å²) >= 11 is 0. The zero-order valence-electron chi connectivity index (χ0n) is 14.1. The molecule has 0 radical (unpaired) electrons. The van der Waals surface area contributed by atoms with Gasteiger partial charge in [0.1, 0.15) is 0 Å². The van der Waals surface area contributed by atoms with Gasteiger partial charge in [-0.05, 0) is 18.4 Å². The molecule has 2 aromatic rings. The summed E-state index contributed by atoms with van der Waals surface area (Å²) in [5.41, 5.74) is 2.15. The molecule has 0 amide bonds. The summed E-state index contributed by atoms with van der Waals surface area (Å²) in [7, 11) is 0. The number of hydrogen-bond donors (Lipinski definition) is 0. The van der Waals surface area contributed by atoms with Crippen molar-refractivity contribution >= 4 is 5.78 Å². The van der Waals surface area contributed by atoms with Crippen LogP contribution >= 0.6 is 0 Å². The molecule has 2 aliphatic rings. The third-order valence-electron chi connectivity index (χ3n) is 5.73. The minimum absolute atomic E-state index is 0.0942. The summed E-state index contributed by atoms with van der Waals surface area (Å²) < 4.78 is 0. The third kappa shape index (κ3) is 2.91. The van der Waals surface area contributed by atoms with Gasteiger partial charge < -0.3 is 0 Å². The Bertz CT molecular complexity index is 676. The molecule has 0 spiro atoms. The van der Waals surface area contributed by atoms with Crippen molar-refractivity contribution in [2.45, 2.75) is 44.2 Å². The molecule has 2 nitrogen and oxygen atoms in total. The van der Waals surface area contributed by atoms with Crippen LogP contribution in [0.2, 0.25) is 0 Å². The van der Waals surface area contributed by atoms with E-state index in [1.807, 2.05) is 30.3 Å². The van der Waals surface area contributed by atoms with E-state index in [9.17, 15) is 4.79 Å². The number of hydrogen-bond acceptors (Lipinski definition) is 2. The van der Waals surface area contributed by atoms with E-state index in [1.165, 1.54) is 37.7 Å². The van der Waals surface area contributed by atoms with Crippen molar-refractivity contribution in [2.24, 2.45) is 5.92 Å². The Morgan fingerprint density at radius 3 is 2.12 bits per heavy atom. The van der Waals surface area contributed by atoms with E-state index >= 15 is 0 Å². The zero-order chi connectivity index (χ0) is 16.4. The van der Waals surface area contributed by atoms with Crippen LogP contribution in [0.25, 0.3) is 0 Å². The Labute approximate surface area is 144 Å². The second-order valence-corrected chi connectivity index (χ2v) is 7.18. The average Bonchev–Trinajstić information content (AvgIpc) is 2.63. The Balaban J connectivity index is 1.59. The number of likely N-dealkylation sites (tertiary alicyclic amines) is 1. The molecular formula is C22H25NO. The van der Waals surface area contributed by atoms with Crippen molar-refractivity contribution in [2.75, 3.05) is 6.54 Å². The highest BCUT2D eigenvalue weighted by Crippen LogP contribution is 2.44. The quantitative estimate of drug-likeness (QED) is 0.749. The first kappa shape index (κ1) is 15.6. The van der Waals surface area contributed by atoms with Crippen LogP contribution in [0, 0.1) is 5.92 Å². The molecule has 1 saturated heterocycles. The van der Waals surface area contributed by atoms with Crippen molar-refractivity contribution in [3.8, 4) is 0 Å². The first-order valence-electron chi connectivity index (χ1n) is 9.24. The minimum Gasteiger partial charge on any atom is -0.294 e. The lowest BCUT2D eigenvalue weighted by Crippen LogP contribution is -2.57. The maximum atomic E-state index is 13.0. The molecule has 2 atom stereocenters. The summed E-state index contributed by atoms with van der Waals surface area (Å²) in [6, 6.07) is 21.3. The molecule has 4 rings (SSSR count). The fourth-order valence-corrected chi connectivity index (χ4v) is 4.44. The SMILES string of the molecule is O=C(c1ccccc1)[C@@H]1CN(C2CCCCC2)[C@H]1c1ccccc1. The molecule has 0 N–H and O–H groups in total. The summed E-state index contributed by atoms with van der Waals surface area (Å²) in [6.45, 7) is 0.915. The second-order valence-electron chi connectivity index (χ2n) is 7.18. The molecule has 2 heteroatoms. The van der Waals surface area contributed by atoms with Gasteiger partial charge in [-0.1, -0.05) is 79.9 Å². The van der Waals surface area contributed by atoms with E-state index in [1.54, 1.807) is 0 Å². The van der Waals surface area contributed by atoms with Gasteiger partial charge in [-0.25, -0.2) is 0 Å². The molecule has 0 bridgehead atoms. The molecule has 0 aromatic heterocycles. The van der Waals surface area contributed by atoms with Crippen molar-refractivity contribution in [1.29, 1.82) is 0 Å². The van der Waals surface area contributed by atoms with Gasteiger partial charge in [-0.2, -0.15) is 0 Å². The van der Waals surface area contributed by atoms with Crippen LogP contribution in [0.4, 0.5) is 0 Å². The van der Waals surface area contributed by atoms with E-state index in [4.69, 9.17) is 0 Å². The largest absolute Gasteiger partial charge is 0.294 e. The predicted octanol–water partition coefficient (Wildman–Crippen LogP) is 4.88. The standard InChI is InChI=1S/C22H25NO/c24-22(18-12-6-2-7-13-18)20-16-23(19-14-8-3-9-15-19)21(20)17-10-4-1-5-11-17/h1-2,4-7,10-13,19-21H,3,8-9,14-16H2/t20-,21+/m1/s1. The normalized spacial score (nSPS) is 25.2. The van der Waals surface area contributed by atoms with E-state index in [0.29, 0.717) is 11.8 Å². The van der Waals surface area contributed by atoms with Crippen molar-refractivity contribution in [3.05, 3.63) is 71.8 Å². The van der Waals surface area contributed by atoms with Crippen LogP contribution in [-0.4, -0.2) is 23.3 Å². The monoisotopic (exact) mass is 319 g/mol. The maximum absolute atomic E-state index is 13.0. The predicted molar refractivity (Wildman–Crippen MR) is 97.0 cm³/mol. The average molecular weight is 319 g/mol. The zero-order valence-corrected chi connectivity index (χ0v) is 14.1. The lowest BCUT2D eigenvalue weighted by Gasteiger charge is -2.52. The summed E-state index contributed by atoms with van der Waals surface area (Å²) in [4.78, 5) is 15.6. The number of Topliss-reactive ketones (excluding diaryl/α,β-unsaturated/α-hetero) is 1. The molecule has 2 fully saturated rings. The van der Waals surface area contributed by atoms with Crippen molar-refractivity contribution in [1.82, 2.24) is 4.90 Å². The van der Waals surface area contributed by atoms with Crippen LogP contribution in [0.5, 0.6) is 0 Å². The van der Waals surface area contributed by atoms with Gasteiger partial charge >= 0.3 is 0 Å². The Kier molecular flexibility index (Phi) is 4.48. The van der Waals surface area contributed by atoms with Gasteiger partial charge in [-0.15, -0.1) is 0 Å². The Morgan fingerprint density at radius 2 is 1.46 bits per heavy atom. The van der Waals surface area contributed by atoms with Crippen molar-refractivity contribution in [3.63, 3.8) is 0 Å². The third-order valence-corrected chi connectivity index (χ3v) is 5.73. The van der Waals surface area contributed by atoms with E-state index in [-0.39, 0.29) is 12.0 Å². The van der Waals surface area contributed by atoms with Gasteiger partial charge in [0.25, 0.3) is 0 Å². The van der Waals surface area contributed by atoms with Crippen LogP contribution in [-0.2, 0) is 0 Å². The number of carbonyl (C=O) groups is 1. The number of carbonyl (C=O) groups excluding carboxylic acids is 1. The van der Waals surface area contributed by atoms with Gasteiger partial charge in [0.05, 0.1) is 5.92 Å². The smallest absolute Gasteiger partial charge is 0.169 e. The number of rotatable bonds is 4. The number of benzene rings is 2. The second kappa shape index (κ2) is 6.90. The van der Waals surface area contributed by atoms with Crippen LogP contribution in [0.1, 0.15) is 54.1 Å². The fraction of sp³-hybridized carbons (Fsp3) is 0.409. The lowest BCUT2D eigenvalue weighted by molar-refractivity contribution is -0.0251. The highest BCUT2D eigenvalue weighted by Gasteiger charge is 2.47. The highest BCUT2D eigenvalue weighted by molar-refractivity contribution is 5.99. The Morgan fingerprint density at radius 1 is 0.833 bits per heavy atom.